The van der Waals surface area contributed by atoms with E-state index < -0.39 is 92.4 Å². The summed E-state index contributed by atoms with van der Waals surface area (Å²) in [5.41, 5.74) is -0.696. The maximum atomic E-state index is 12.0. The lowest BCUT2D eigenvalue weighted by Gasteiger charge is -2.63. The van der Waals surface area contributed by atoms with Gasteiger partial charge in [-0.3, -0.25) is 0 Å². The van der Waals surface area contributed by atoms with Crippen LogP contribution in [0.2, 0.25) is 0 Å². The summed E-state index contributed by atoms with van der Waals surface area (Å²) in [6, 6.07) is 0. The van der Waals surface area contributed by atoms with Crippen molar-refractivity contribution in [1.29, 1.82) is 0 Å². The average molecular weight is 799 g/mol. The van der Waals surface area contributed by atoms with Gasteiger partial charge in [0.05, 0.1) is 43.2 Å². The Kier molecular flexibility index (Phi) is 10.5. The van der Waals surface area contributed by atoms with Crippen LogP contribution in [-0.2, 0) is 23.7 Å². The van der Waals surface area contributed by atoms with E-state index in [-0.39, 0.29) is 51.1 Å². The molecule has 5 saturated carbocycles. The molecule has 14 heteroatoms. The number of hydrogen-bond donors (Lipinski definition) is 9. The van der Waals surface area contributed by atoms with Crippen molar-refractivity contribution in [3.63, 3.8) is 0 Å². The Morgan fingerprint density at radius 1 is 0.661 bits per heavy atom. The summed E-state index contributed by atoms with van der Waals surface area (Å²) in [5, 5.41) is 96.4. The summed E-state index contributed by atoms with van der Waals surface area (Å²) < 4.78 is 30.5. The zero-order valence-corrected chi connectivity index (χ0v) is 34.2. The molecule has 0 bridgehead atoms. The molecule has 3 heterocycles. The molecule has 56 heavy (non-hydrogen) atoms. The van der Waals surface area contributed by atoms with E-state index in [0.717, 1.165) is 51.4 Å². The molecule has 322 valence electrons. The second-order valence-electron chi connectivity index (χ2n) is 21.2. The van der Waals surface area contributed by atoms with Gasteiger partial charge in [-0.25, -0.2) is 0 Å². The molecule has 8 rings (SSSR count). The second-order valence-corrected chi connectivity index (χ2v) is 21.2. The van der Waals surface area contributed by atoms with Crippen LogP contribution in [0.3, 0.4) is 0 Å². The predicted octanol–water partition coefficient (Wildman–Crippen LogP) is 0.970. The average Bonchev–Trinajstić information content (AvgIpc) is 3.64. The predicted molar refractivity (Wildman–Crippen MR) is 198 cm³/mol. The molecule has 0 aromatic carbocycles. The highest BCUT2D eigenvalue weighted by atomic mass is 16.7. The highest BCUT2D eigenvalue weighted by Gasteiger charge is 2.83. The molecule has 14 nitrogen and oxygen atoms in total. The first-order valence-corrected chi connectivity index (χ1v) is 21.4. The van der Waals surface area contributed by atoms with Crippen LogP contribution in [0.5, 0.6) is 0 Å². The van der Waals surface area contributed by atoms with Crippen molar-refractivity contribution in [1.82, 2.24) is 0 Å². The molecule has 8 fully saturated rings. The molecule has 2 spiro atoms. The van der Waals surface area contributed by atoms with E-state index in [1.165, 1.54) is 0 Å². The molecule has 9 N–H and O–H groups in total. The van der Waals surface area contributed by atoms with Crippen LogP contribution in [0.1, 0.15) is 106 Å². The Labute approximate surface area is 330 Å². The number of aliphatic hydroxyl groups is 9. The van der Waals surface area contributed by atoms with Crippen LogP contribution in [0.25, 0.3) is 0 Å². The fraction of sp³-hybridized carbons (Fsp3) is 1.00. The highest BCUT2D eigenvalue weighted by Crippen LogP contribution is 2.89. The van der Waals surface area contributed by atoms with Crippen LogP contribution >= 0.6 is 0 Å². The third-order valence-corrected chi connectivity index (χ3v) is 18.2. The molecule has 0 amide bonds. The van der Waals surface area contributed by atoms with E-state index in [1.807, 2.05) is 13.8 Å². The minimum atomic E-state index is -1.75. The van der Waals surface area contributed by atoms with Gasteiger partial charge >= 0.3 is 0 Å². The fourth-order valence-corrected chi connectivity index (χ4v) is 15.0. The van der Waals surface area contributed by atoms with E-state index >= 15 is 0 Å². The lowest BCUT2D eigenvalue weighted by Crippen LogP contribution is -2.65. The lowest BCUT2D eigenvalue weighted by atomic mass is 9.41. The topological polar surface area (TPSA) is 228 Å². The molecule has 0 radical (unpaired) electrons. The van der Waals surface area contributed by atoms with Crippen LogP contribution in [0.15, 0.2) is 0 Å². The van der Waals surface area contributed by atoms with Crippen LogP contribution in [-0.4, -0.2) is 151 Å². The summed E-state index contributed by atoms with van der Waals surface area (Å²) in [6.45, 7) is 14.3. The monoisotopic (exact) mass is 798 g/mol. The fourth-order valence-electron chi connectivity index (χ4n) is 15.0. The lowest BCUT2D eigenvalue weighted by molar-refractivity contribution is -0.368. The van der Waals surface area contributed by atoms with Crippen LogP contribution < -0.4 is 0 Å². The first-order chi connectivity index (χ1) is 26.1. The quantitative estimate of drug-likeness (QED) is 0.156. The third kappa shape index (κ3) is 5.78. The van der Waals surface area contributed by atoms with Gasteiger partial charge in [-0.2, -0.15) is 0 Å². The molecule has 22 atom stereocenters. The number of hydrogen-bond acceptors (Lipinski definition) is 14. The molecule has 8 aliphatic rings. The number of ether oxygens (including phenoxy) is 5. The van der Waals surface area contributed by atoms with E-state index in [1.54, 1.807) is 0 Å². The zero-order chi connectivity index (χ0) is 40.7. The van der Waals surface area contributed by atoms with Crippen molar-refractivity contribution in [3.8, 4) is 0 Å². The Bertz CT molecular complexity index is 1460. The molecule has 5 aliphatic carbocycles. The highest BCUT2D eigenvalue weighted by molar-refractivity contribution is 5.31. The van der Waals surface area contributed by atoms with Crippen LogP contribution in [0, 0.1) is 50.7 Å². The molecule has 3 saturated heterocycles. The second kappa shape index (κ2) is 14.0. The van der Waals surface area contributed by atoms with Gasteiger partial charge in [0.2, 0.25) is 0 Å². The first-order valence-electron chi connectivity index (χ1n) is 21.4. The summed E-state index contributed by atoms with van der Waals surface area (Å²) in [7, 11) is 0. The maximum Gasteiger partial charge on any atom is 0.187 e. The summed E-state index contributed by atoms with van der Waals surface area (Å²) in [5.74, 6) is 1.02. The Hall–Kier alpha value is -0.560. The van der Waals surface area contributed by atoms with Crippen molar-refractivity contribution >= 4 is 0 Å². The molecule has 0 aromatic heterocycles. The Balaban J connectivity index is 0.982. The molecule has 0 aromatic rings. The zero-order valence-electron chi connectivity index (χ0n) is 34.2. The maximum absolute atomic E-state index is 12.0. The van der Waals surface area contributed by atoms with Crippen LogP contribution in [0.4, 0.5) is 0 Å². The SMILES string of the molecule is CC(C1CC(O)C(C)(C)O1)C1C(O)CC2(C)C3CCC4C(C)(C)C(OC5OC(CO)C(O)C(OC6OC(CO)C(O)C(O)C6O)C5O)CCC45CC35CCC12C. The van der Waals surface area contributed by atoms with Crippen molar-refractivity contribution in [3.05, 3.63) is 0 Å². The molecular weight excluding hydrogens is 728 g/mol. The first kappa shape index (κ1) is 42.1. The molecule has 3 aliphatic heterocycles. The van der Waals surface area contributed by atoms with Gasteiger partial charge in [0.25, 0.3) is 0 Å². The van der Waals surface area contributed by atoms with E-state index in [4.69, 9.17) is 23.7 Å². The van der Waals surface area contributed by atoms with Crippen molar-refractivity contribution in [2.45, 2.75) is 198 Å². The summed E-state index contributed by atoms with van der Waals surface area (Å²) in [6.07, 6.45) is -7.91. The normalized spacial score (nSPS) is 57.8. The van der Waals surface area contributed by atoms with Crippen molar-refractivity contribution in [2.75, 3.05) is 13.2 Å². The van der Waals surface area contributed by atoms with Gasteiger partial charge in [0.1, 0.15) is 48.8 Å². The smallest absolute Gasteiger partial charge is 0.187 e. The largest absolute Gasteiger partial charge is 0.394 e. The minimum absolute atomic E-state index is 0.0432. The molecule has 22 unspecified atom stereocenters. The van der Waals surface area contributed by atoms with Gasteiger partial charge in [-0.05, 0) is 116 Å². The standard InChI is InChI=1S/C42H70O14/c1-19(21-14-26(46)38(4,5)56-21)28-20(45)15-40(7)25-9-8-24-37(2,3)27(10-11-41(24)18-42(25,41)13-12-39(28,40)6)54-36-33(51)34(30(48)23(17-44)53-36)55-35-32(50)31(49)29(47)22(16-43)52-35/h19-36,43-51H,8-18H2,1-7H3. The van der Waals surface area contributed by atoms with E-state index in [2.05, 4.69) is 34.6 Å². The van der Waals surface area contributed by atoms with Gasteiger partial charge < -0.3 is 69.6 Å². The number of rotatable bonds is 8. The Morgan fingerprint density at radius 3 is 1.89 bits per heavy atom. The molecular formula is C42H70O14. The van der Waals surface area contributed by atoms with E-state index in [9.17, 15) is 46.0 Å². The summed E-state index contributed by atoms with van der Waals surface area (Å²) >= 11 is 0. The Morgan fingerprint density at radius 2 is 1.27 bits per heavy atom. The third-order valence-electron chi connectivity index (χ3n) is 18.2. The van der Waals surface area contributed by atoms with Crippen molar-refractivity contribution in [2.24, 2.45) is 50.7 Å². The minimum Gasteiger partial charge on any atom is -0.394 e. The number of fused-ring (bicyclic) bond motifs is 2. The van der Waals surface area contributed by atoms with Gasteiger partial charge in [0, 0.05) is 6.42 Å². The van der Waals surface area contributed by atoms with Gasteiger partial charge in [-0.1, -0.05) is 34.6 Å². The van der Waals surface area contributed by atoms with Crippen molar-refractivity contribution < 1.29 is 69.6 Å². The summed E-state index contributed by atoms with van der Waals surface area (Å²) in [4.78, 5) is 0. The van der Waals surface area contributed by atoms with E-state index in [0.29, 0.717) is 18.3 Å². The number of aliphatic hydroxyl groups excluding tert-OH is 9. The van der Waals surface area contributed by atoms with Gasteiger partial charge in [0.15, 0.2) is 12.6 Å². The van der Waals surface area contributed by atoms with Gasteiger partial charge in [-0.15, -0.1) is 0 Å².